The number of esters is 2. The van der Waals surface area contributed by atoms with Crippen LogP contribution < -0.4 is 0 Å². The lowest BCUT2D eigenvalue weighted by atomic mass is 9.97. The monoisotopic (exact) mass is 314 g/mol. The lowest BCUT2D eigenvalue weighted by Gasteiger charge is -2.26. The number of carbonyl (C=O) groups is 2. The minimum Gasteiger partial charge on any atom is -0.460 e. The molecule has 2 N–H and O–H groups in total. The van der Waals surface area contributed by atoms with E-state index in [2.05, 4.69) is 0 Å². The maximum absolute atomic E-state index is 11.8. The van der Waals surface area contributed by atoms with Crippen molar-refractivity contribution in [1.82, 2.24) is 0 Å². The molecule has 6 heteroatoms. The first kappa shape index (κ1) is 17.2. The quantitative estimate of drug-likeness (QED) is 0.746. The van der Waals surface area contributed by atoms with Crippen LogP contribution in [0.2, 0.25) is 0 Å². The zero-order chi connectivity index (χ0) is 15.9. The van der Waals surface area contributed by atoms with Gasteiger partial charge in [-0.1, -0.05) is 12.8 Å². The van der Waals surface area contributed by atoms with Crippen molar-refractivity contribution in [2.75, 3.05) is 0 Å². The van der Waals surface area contributed by atoms with Gasteiger partial charge < -0.3 is 19.7 Å². The van der Waals surface area contributed by atoms with E-state index in [0.29, 0.717) is 0 Å². The molecule has 2 rings (SSSR count). The number of carbonyl (C=O) groups excluding carboxylic acids is 2. The molecule has 2 aliphatic rings. The minimum absolute atomic E-state index is 0.225. The first-order valence-corrected chi connectivity index (χ1v) is 8.35. The molecular weight excluding hydrogens is 288 g/mol. The molecule has 22 heavy (non-hydrogen) atoms. The summed E-state index contributed by atoms with van der Waals surface area (Å²) < 4.78 is 10.3. The van der Waals surface area contributed by atoms with Gasteiger partial charge in [0.1, 0.15) is 12.2 Å². The zero-order valence-corrected chi connectivity index (χ0v) is 12.9. The summed E-state index contributed by atoms with van der Waals surface area (Å²) in [5, 5.41) is 19.6. The smallest absolute Gasteiger partial charge is 0.338 e. The molecule has 0 saturated heterocycles. The fourth-order valence-electron chi connectivity index (χ4n) is 3.09. The van der Waals surface area contributed by atoms with Crippen LogP contribution in [0.15, 0.2) is 0 Å². The summed E-state index contributed by atoms with van der Waals surface area (Å²) >= 11 is 0. The molecule has 2 atom stereocenters. The van der Waals surface area contributed by atoms with Gasteiger partial charge in [-0.2, -0.15) is 0 Å². The summed E-state index contributed by atoms with van der Waals surface area (Å²) in [6, 6.07) is 0. The molecule has 0 amide bonds. The Morgan fingerprint density at radius 1 is 0.682 bits per heavy atom. The number of rotatable bonds is 5. The highest BCUT2D eigenvalue weighted by molar-refractivity contribution is 5.85. The van der Waals surface area contributed by atoms with E-state index < -0.39 is 24.1 Å². The third kappa shape index (κ3) is 4.95. The summed E-state index contributed by atoms with van der Waals surface area (Å²) in [6.07, 6.45) is 5.04. The molecule has 2 saturated carbocycles. The van der Waals surface area contributed by atoms with E-state index in [4.69, 9.17) is 9.47 Å². The molecule has 0 radical (unpaired) electrons. The van der Waals surface area contributed by atoms with Gasteiger partial charge in [0.25, 0.3) is 0 Å². The Morgan fingerprint density at radius 3 is 1.32 bits per heavy atom. The van der Waals surface area contributed by atoms with Gasteiger partial charge in [-0.3, -0.25) is 0 Å². The van der Waals surface area contributed by atoms with Crippen LogP contribution in [0.5, 0.6) is 0 Å². The van der Waals surface area contributed by atoms with Crippen molar-refractivity contribution in [1.29, 1.82) is 0 Å². The second-order valence-electron chi connectivity index (χ2n) is 6.28. The first-order chi connectivity index (χ1) is 10.6. The molecule has 126 valence electrons. The number of hydrogen-bond donors (Lipinski definition) is 2. The van der Waals surface area contributed by atoms with Crippen LogP contribution in [0.3, 0.4) is 0 Å². The fourth-order valence-corrected chi connectivity index (χ4v) is 3.09. The van der Waals surface area contributed by atoms with Crippen molar-refractivity contribution >= 4 is 11.9 Å². The van der Waals surface area contributed by atoms with Gasteiger partial charge in [-0.05, 0) is 51.4 Å². The van der Waals surface area contributed by atoms with E-state index in [1.54, 1.807) is 0 Å². The van der Waals surface area contributed by atoms with E-state index in [1.165, 1.54) is 0 Å². The summed E-state index contributed by atoms with van der Waals surface area (Å²) in [5.74, 6) is -1.89. The average molecular weight is 314 g/mol. The van der Waals surface area contributed by atoms with Gasteiger partial charge in [0.05, 0.1) is 0 Å². The Morgan fingerprint density at radius 2 is 1.00 bits per heavy atom. The maximum atomic E-state index is 11.8. The molecule has 2 fully saturated rings. The highest BCUT2D eigenvalue weighted by Crippen LogP contribution is 2.22. The van der Waals surface area contributed by atoms with Crippen LogP contribution in [-0.4, -0.2) is 46.6 Å². The number of hydrogen-bond acceptors (Lipinski definition) is 6. The zero-order valence-electron chi connectivity index (χ0n) is 12.9. The largest absolute Gasteiger partial charge is 0.460 e. The summed E-state index contributed by atoms with van der Waals surface area (Å²) in [5.41, 5.74) is 0. The summed E-state index contributed by atoms with van der Waals surface area (Å²) in [7, 11) is 0. The molecule has 0 bridgehead atoms. The van der Waals surface area contributed by atoms with E-state index >= 15 is 0 Å². The predicted octanol–water partition coefficient (Wildman–Crippen LogP) is 1.46. The van der Waals surface area contributed by atoms with Crippen molar-refractivity contribution in [3.63, 3.8) is 0 Å². The molecule has 2 aliphatic carbocycles. The average Bonchev–Trinajstić information content (AvgIpc) is 2.55. The van der Waals surface area contributed by atoms with Gasteiger partial charge in [0.2, 0.25) is 0 Å². The molecule has 0 aromatic heterocycles. The standard InChI is InChI=1S/C16H26O6/c17-13(15(19)21-11-7-3-1-4-8-11)14(18)16(20)22-12-9-5-2-6-10-12/h11-14,17-18H,1-10H2. The molecule has 0 heterocycles. The van der Waals surface area contributed by atoms with Crippen molar-refractivity contribution in [3.8, 4) is 0 Å². The normalized spacial score (nSPS) is 23.5. The Balaban J connectivity index is 1.77. The van der Waals surface area contributed by atoms with E-state index in [0.717, 1.165) is 64.2 Å². The Kier molecular flexibility index (Phi) is 6.64. The first-order valence-electron chi connectivity index (χ1n) is 8.35. The molecule has 0 aliphatic heterocycles. The second-order valence-corrected chi connectivity index (χ2v) is 6.28. The number of aliphatic hydroxyl groups is 2. The van der Waals surface area contributed by atoms with Gasteiger partial charge in [-0.15, -0.1) is 0 Å². The summed E-state index contributed by atoms with van der Waals surface area (Å²) in [6.45, 7) is 0. The van der Waals surface area contributed by atoms with E-state index in [-0.39, 0.29) is 12.2 Å². The number of aliphatic hydroxyl groups excluding tert-OH is 2. The van der Waals surface area contributed by atoms with Crippen LogP contribution in [0.25, 0.3) is 0 Å². The highest BCUT2D eigenvalue weighted by atomic mass is 16.6. The topological polar surface area (TPSA) is 93.1 Å². The molecule has 0 aromatic rings. The van der Waals surface area contributed by atoms with E-state index in [9.17, 15) is 19.8 Å². The third-order valence-corrected chi connectivity index (χ3v) is 4.45. The Labute approximate surface area is 130 Å². The lowest BCUT2D eigenvalue weighted by molar-refractivity contribution is -0.180. The Hall–Kier alpha value is -1.14. The second kappa shape index (κ2) is 8.48. The van der Waals surface area contributed by atoms with Crippen molar-refractivity contribution < 1.29 is 29.3 Å². The van der Waals surface area contributed by atoms with Crippen molar-refractivity contribution in [3.05, 3.63) is 0 Å². The minimum atomic E-state index is -1.88. The SMILES string of the molecule is O=C(OC1CCCCC1)C(O)C(O)C(=O)OC1CCCCC1. The molecule has 0 aromatic carbocycles. The Bertz CT molecular complexity index is 335. The third-order valence-electron chi connectivity index (χ3n) is 4.45. The van der Waals surface area contributed by atoms with Crippen LogP contribution in [-0.2, 0) is 19.1 Å². The highest BCUT2D eigenvalue weighted by Gasteiger charge is 2.35. The van der Waals surface area contributed by atoms with Crippen molar-refractivity contribution in [2.45, 2.75) is 88.6 Å². The molecule has 6 nitrogen and oxygen atoms in total. The number of ether oxygens (including phenoxy) is 2. The predicted molar refractivity (Wildman–Crippen MR) is 77.9 cm³/mol. The van der Waals surface area contributed by atoms with Crippen LogP contribution in [0.4, 0.5) is 0 Å². The van der Waals surface area contributed by atoms with E-state index in [1.807, 2.05) is 0 Å². The van der Waals surface area contributed by atoms with Crippen LogP contribution in [0, 0.1) is 0 Å². The lowest BCUT2D eigenvalue weighted by Crippen LogP contribution is -2.44. The van der Waals surface area contributed by atoms with Gasteiger partial charge in [0, 0.05) is 0 Å². The molecule has 0 spiro atoms. The van der Waals surface area contributed by atoms with Crippen molar-refractivity contribution in [2.24, 2.45) is 0 Å². The van der Waals surface area contributed by atoms with Gasteiger partial charge in [0.15, 0.2) is 12.2 Å². The van der Waals surface area contributed by atoms with Gasteiger partial charge in [-0.25, -0.2) is 9.59 Å². The van der Waals surface area contributed by atoms with Crippen LogP contribution in [0.1, 0.15) is 64.2 Å². The van der Waals surface area contributed by atoms with Gasteiger partial charge >= 0.3 is 11.9 Å². The molecule has 2 unspecified atom stereocenters. The fraction of sp³-hybridized carbons (Fsp3) is 0.875. The molecular formula is C16H26O6. The van der Waals surface area contributed by atoms with Crippen LogP contribution >= 0.6 is 0 Å². The maximum Gasteiger partial charge on any atom is 0.338 e. The summed E-state index contributed by atoms with van der Waals surface area (Å²) in [4.78, 5) is 23.6.